The smallest absolute Gasteiger partial charge is 0.114 e. The van der Waals surface area contributed by atoms with Gasteiger partial charge in [0.2, 0.25) is 0 Å². The van der Waals surface area contributed by atoms with Crippen molar-refractivity contribution in [2.24, 2.45) is 0 Å². The van der Waals surface area contributed by atoms with Gasteiger partial charge in [0.25, 0.3) is 0 Å². The van der Waals surface area contributed by atoms with E-state index < -0.39 is 0 Å². The van der Waals surface area contributed by atoms with E-state index in [1.54, 1.807) is 22.7 Å². The summed E-state index contributed by atoms with van der Waals surface area (Å²) < 4.78 is 9.18. The van der Waals surface area contributed by atoms with Crippen LogP contribution in [0.5, 0.6) is 0 Å². The number of thiophene rings is 2. The second-order valence-corrected chi connectivity index (χ2v) is 7.34. The normalized spacial score (nSPS) is 11.3. The van der Waals surface area contributed by atoms with Crippen molar-refractivity contribution in [1.82, 2.24) is 8.75 Å². The van der Waals surface area contributed by atoms with Gasteiger partial charge in [-0.05, 0) is 47.9 Å². The molecule has 0 aliphatic rings. The van der Waals surface area contributed by atoms with Gasteiger partial charge in [-0.1, -0.05) is 12.1 Å². The van der Waals surface area contributed by atoms with Crippen LogP contribution in [0.3, 0.4) is 0 Å². The third-order valence-electron chi connectivity index (χ3n) is 3.81. The molecule has 1 aromatic carbocycles. The van der Waals surface area contributed by atoms with Crippen LogP contribution in [0.1, 0.15) is 11.1 Å². The monoisotopic (exact) mass is 328 g/mol. The third kappa shape index (κ3) is 1.96. The molecular weight excluding hydrogens is 316 g/mol. The maximum absolute atomic E-state index is 4.59. The molecule has 104 valence electrons. The second-order valence-electron chi connectivity index (χ2n) is 4.92. The molecule has 0 aliphatic heterocycles. The lowest BCUT2D eigenvalue weighted by molar-refractivity contribution is 1.36. The largest absolute Gasteiger partial charge is 0.172 e. The summed E-state index contributed by atoms with van der Waals surface area (Å²) in [6.07, 6.45) is 0. The minimum absolute atomic E-state index is 1.04. The number of fused-ring (bicyclic) bond motifs is 1. The zero-order chi connectivity index (χ0) is 14.4. The number of hydrogen-bond acceptors (Lipinski definition) is 5. The molecule has 2 nitrogen and oxygen atoms in total. The maximum atomic E-state index is 4.59. The Labute approximate surface area is 135 Å². The first kappa shape index (κ1) is 13.1. The fourth-order valence-electron chi connectivity index (χ4n) is 2.69. The molecule has 0 saturated heterocycles. The van der Waals surface area contributed by atoms with Gasteiger partial charge in [-0.25, -0.2) is 0 Å². The average molecular weight is 328 g/mol. The van der Waals surface area contributed by atoms with Crippen LogP contribution < -0.4 is 0 Å². The van der Waals surface area contributed by atoms with Crippen LogP contribution in [0, 0.1) is 13.8 Å². The summed E-state index contributed by atoms with van der Waals surface area (Å²) >= 11 is 4.82. The van der Waals surface area contributed by atoms with Gasteiger partial charge < -0.3 is 0 Å². The van der Waals surface area contributed by atoms with Gasteiger partial charge in [0.1, 0.15) is 11.0 Å². The van der Waals surface area contributed by atoms with Crippen molar-refractivity contribution in [3.8, 4) is 20.9 Å². The predicted molar refractivity (Wildman–Crippen MR) is 93.5 cm³/mol. The molecule has 5 heteroatoms. The molecule has 0 fully saturated rings. The molecule has 3 heterocycles. The molecular formula is C16H12N2S3. The van der Waals surface area contributed by atoms with E-state index in [0.29, 0.717) is 0 Å². The van der Waals surface area contributed by atoms with Crippen LogP contribution in [0.25, 0.3) is 31.9 Å². The Morgan fingerprint density at radius 2 is 1.24 bits per heavy atom. The molecule has 4 aromatic rings. The quantitative estimate of drug-likeness (QED) is 0.467. The number of benzene rings is 1. The van der Waals surface area contributed by atoms with E-state index in [1.165, 1.54) is 43.7 Å². The Kier molecular flexibility index (Phi) is 3.14. The summed E-state index contributed by atoms with van der Waals surface area (Å²) in [5.74, 6) is 0. The zero-order valence-electron chi connectivity index (χ0n) is 11.6. The van der Waals surface area contributed by atoms with Crippen LogP contribution in [0.4, 0.5) is 0 Å². The topological polar surface area (TPSA) is 25.8 Å². The van der Waals surface area contributed by atoms with E-state index >= 15 is 0 Å². The van der Waals surface area contributed by atoms with E-state index in [1.807, 2.05) is 0 Å². The van der Waals surface area contributed by atoms with Gasteiger partial charge in [-0.3, -0.25) is 0 Å². The summed E-state index contributed by atoms with van der Waals surface area (Å²) in [5.41, 5.74) is 7.17. The minimum Gasteiger partial charge on any atom is -0.172 e. The molecule has 0 bridgehead atoms. The van der Waals surface area contributed by atoms with E-state index in [-0.39, 0.29) is 0 Å². The van der Waals surface area contributed by atoms with E-state index in [0.717, 1.165) is 11.0 Å². The lowest BCUT2D eigenvalue weighted by atomic mass is 9.94. The first-order chi connectivity index (χ1) is 10.3. The number of rotatable bonds is 2. The van der Waals surface area contributed by atoms with Crippen LogP contribution in [-0.4, -0.2) is 8.75 Å². The molecule has 0 saturated carbocycles. The summed E-state index contributed by atoms with van der Waals surface area (Å²) in [6, 6.07) is 8.51. The SMILES string of the molecule is Cc1c(C)c(-c2cccs2)c2nsnc2c1-c1cccs1. The van der Waals surface area contributed by atoms with Crippen LogP contribution in [0.15, 0.2) is 35.0 Å². The highest BCUT2D eigenvalue weighted by Crippen LogP contribution is 2.42. The van der Waals surface area contributed by atoms with Crippen molar-refractivity contribution < 1.29 is 0 Å². The minimum atomic E-state index is 1.04. The molecule has 3 aromatic heterocycles. The summed E-state index contributed by atoms with van der Waals surface area (Å²) in [7, 11) is 0. The predicted octanol–water partition coefficient (Wildman–Crippen LogP) is 5.77. The van der Waals surface area contributed by atoms with Crippen LogP contribution in [-0.2, 0) is 0 Å². The fraction of sp³-hybridized carbons (Fsp3) is 0.125. The van der Waals surface area contributed by atoms with Crippen molar-refractivity contribution in [3.63, 3.8) is 0 Å². The Hall–Kier alpha value is -1.56. The molecule has 0 radical (unpaired) electrons. The van der Waals surface area contributed by atoms with Crippen LogP contribution in [0.2, 0.25) is 0 Å². The number of hydrogen-bond donors (Lipinski definition) is 0. The molecule has 0 atom stereocenters. The Morgan fingerprint density at radius 1 is 0.762 bits per heavy atom. The van der Waals surface area contributed by atoms with Gasteiger partial charge in [0, 0.05) is 20.9 Å². The standard InChI is InChI=1S/C16H12N2S3/c1-9-10(2)14(12-6-4-8-20-12)16-15(17-21-18-16)13(9)11-5-3-7-19-11/h3-8H,1-2H3. The number of aromatic nitrogens is 2. The molecule has 0 spiro atoms. The van der Waals surface area contributed by atoms with Crippen molar-refractivity contribution in [1.29, 1.82) is 0 Å². The van der Waals surface area contributed by atoms with Crippen molar-refractivity contribution in [3.05, 3.63) is 46.2 Å². The van der Waals surface area contributed by atoms with Gasteiger partial charge in [0.05, 0.1) is 11.7 Å². The summed E-state index contributed by atoms with van der Waals surface area (Å²) in [5, 5.41) is 4.23. The first-order valence-electron chi connectivity index (χ1n) is 6.60. The molecule has 21 heavy (non-hydrogen) atoms. The van der Waals surface area contributed by atoms with E-state index in [9.17, 15) is 0 Å². The van der Waals surface area contributed by atoms with Gasteiger partial charge in [0.15, 0.2) is 0 Å². The van der Waals surface area contributed by atoms with Crippen LogP contribution >= 0.6 is 34.4 Å². The number of nitrogens with zero attached hydrogens (tertiary/aromatic N) is 2. The Morgan fingerprint density at radius 3 is 1.62 bits per heavy atom. The first-order valence-corrected chi connectivity index (χ1v) is 9.09. The molecule has 0 amide bonds. The van der Waals surface area contributed by atoms with Gasteiger partial charge >= 0.3 is 0 Å². The highest BCUT2D eigenvalue weighted by Gasteiger charge is 2.20. The van der Waals surface area contributed by atoms with E-state index in [2.05, 4.69) is 57.6 Å². The van der Waals surface area contributed by atoms with Gasteiger partial charge in [-0.15, -0.1) is 22.7 Å². The molecule has 0 N–H and O–H groups in total. The van der Waals surface area contributed by atoms with Crippen molar-refractivity contribution >= 4 is 45.4 Å². The highest BCUT2D eigenvalue weighted by atomic mass is 32.1. The van der Waals surface area contributed by atoms with Gasteiger partial charge in [-0.2, -0.15) is 8.75 Å². The van der Waals surface area contributed by atoms with Crippen molar-refractivity contribution in [2.75, 3.05) is 0 Å². The molecule has 0 aliphatic carbocycles. The molecule has 0 unspecified atom stereocenters. The molecule has 4 rings (SSSR count). The fourth-order valence-corrected chi connectivity index (χ4v) is 4.91. The lowest BCUT2D eigenvalue weighted by Gasteiger charge is -2.13. The third-order valence-corrected chi connectivity index (χ3v) is 6.11. The van der Waals surface area contributed by atoms with E-state index in [4.69, 9.17) is 0 Å². The lowest BCUT2D eigenvalue weighted by Crippen LogP contribution is -1.93. The maximum Gasteiger partial charge on any atom is 0.114 e. The van der Waals surface area contributed by atoms with Crippen molar-refractivity contribution in [2.45, 2.75) is 13.8 Å². The zero-order valence-corrected chi connectivity index (χ0v) is 14.0. The second kappa shape index (κ2) is 5.02. The summed E-state index contributed by atoms with van der Waals surface area (Å²) in [6.45, 7) is 4.39. The highest BCUT2D eigenvalue weighted by molar-refractivity contribution is 7.14. The Balaban J connectivity index is 2.14. The summed E-state index contributed by atoms with van der Waals surface area (Å²) in [4.78, 5) is 2.54. The Bertz CT molecular complexity index is 829. The average Bonchev–Trinajstić information content (AvgIpc) is 3.21.